The van der Waals surface area contributed by atoms with Crippen molar-refractivity contribution in [1.82, 2.24) is 14.8 Å². The Balaban J connectivity index is 1.27. The fourth-order valence-electron chi connectivity index (χ4n) is 7.22. The molecule has 2 atom stereocenters. The van der Waals surface area contributed by atoms with Crippen LogP contribution >= 0.6 is 11.3 Å². The normalized spacial score (nSPS) is 24.3. The van der Waals surface area contributed by atoms with Crippen LogP contribution in [0.25, 0.3) is 0 Å². The molecule has 2 aromatic heterocycles. The zero-order valence-corrected chi connectivity index (χ0v) is 24.5. The number of rotatable bonds is 9. The SMILES string of the molecule is CN(C)C(c1cccs1)C1CCC(C(c2nc(Cc3ccccc3)c(N3CCCC3)o2)N2CCOCC2)CC1. The number of hydrogen-bond donors (Lipinski definition) is 0. The van der Waals surface area contributed by atoms with Crippen molar-refractivity contribution in [2.45, 2.75) is 57.0 Å². The van der Waals surface area contributed by atoms with Crippen molar-refractivity contribution in [2.24, 2.45) is 11.8 Å². The fourth-order valence-corrected chi connectivity index (χ4v) is 8.23. The van der Waals surface area contributed by atoms with E-state index in [1.807, 2.05) is 11.3 Å². The maximum atomic E-state index is 6.84. The molecule has 0 amide bonds. The van der Waals surface area contributed by atoms with Gasteiger partial charge in [-0.25, -0.2) is 4.98 Å². The second kappa shape index (κ2) is 12.5. The molecule has 0 radical (unpaired) electrons. The second-order valence-corrected chi connectivity index (χ2v) is 12.8. The molecule has 0 spiro atoms. The van der Waals surface area contributed by atoms with Gasteiger partial charge in [0.05, 0.1) is 19.3 Å². The van der Waals surface area contributed by atoms with Crippen LogP contribution in [-0.4, -0.2) is 68.3 Å². The molecule has 3 fully saturated rings. The summed E-state index contributed by atoms with van der Waals surface area (Å²) in [5.74, 6) is 3.21. The zero-order valence-electron chi connectivity index (χ0n) is 23.6. The highest BCUT2D eigenvalue weighted by Gasteiger charge is 2.39. The van der Waals surface area contributed by atoms with E-state index in [4.69, 9.17) is 14.1 Å². The van der Waals surface area contributed by atoms with Gasteiger partial charge in [0.1, 0.15) is 5.69 Å². The summed E-state index contributed by atoms with van der Waals surface area (Å²) in [6.07, 6.45) is 8.23. The van der Waals surface area contributed by atoms with Gasteiger partial charge in [-0.15, -0.1) is 11.3 Å². The van der Waals surface area contributed by atoms with E-state index in [-0.39, 0.29) is 6.04 Å². The van der Waals surface area contributed by atoms with Crippen LogP contribution in [0.4, 0.5) is 5.88 Å². The number of oxazole rings is 1. The molecule has 2 unspecified atom stereocenters. The Labute approximate surface area is 238 Å². The molecule has 6 rings (SSSR count). The second-order valence-electron chi connectivity index (χ2n) is 11.9. The standard InChI is InChI=1S/C32H44N4O2S/c1-34(2)29(28-11-8-22-39-28)25-12-14-26(15-13-25)30(35-18-20-37-21-19-35)31-33-27(23-24-9-4-3-5-10-24)32(38-31)36-16-6-7-17-36/h3-5,8-11,22,25-26,29-30H,6-7,12-21,23H2,1-2H3. The van der Waals surface area contributed by atoms with Gasteiger partial charge in [0.2, 0.25) is 11.8 Å². The van der Waals surface area contributed by atoms with Crippen molar-refractivity contribution in [3.63, 3.8) is 0 Å². The van der Waals surface area contributed by atoms with Crippen molar-refractivity contribution in [3.05, 3.63) is 69.9 Å². The van der Waals surface area contributed by atoms with Crippen LogP contribution in [0.2, 0.25) is 0 Å². The lowest BCUT2D eigenvalue weighted by Crippen LogP contribution is -2.43. The molecule has 210 valence electrons. The molecule has 4 heterocycles. The lowest BCUT2D eigenvalue weighted by Gasteiger charge is -2.42. The van der Waals surface area contributed by atoms with Crippen molar-refractivity contribution in [1.29, 1.82) is 0 Å². The van der Waals surface area contributed by atoms with Crippen LogP contribution in [0.15, 0.2) is 52.3 Å². The molecule has 7 heteroatoms. The van der Waals surface area contributed by atoms with E-state index in [0.29, 0.717) is 17.9 Å². The Morgan fingerprint density at radius 1 is 0.923 bits per heavy atom. The Morgan fingerprint density at radius 3 is 2.31 bits per heavy atom. The molecule has 39 heavy (non-hydrogen) atoms. The molecule has 1 saturated carbocycles. The van der Waals surface area contributed by atoms with Gasteiger partial charge in [-0.05, 0) is 81.5 Å². The number of morpholine rings is 1. The third-order valence-electron chi connectivity index (χ3n) is 9.09. The van der Waals surface area contributed by atoms with Gasteiger partial charge >= 0.3 is 0 Å². The molecule has 1 aliphatic carbocycles. The molecule has 3 aliphatic rings. The average molecular weight is 549 g/mol. The first-order valence-corrected chi connectivity index (χ1v) is 15.9. The Bertz CT molecular complexity index is 1140. The van der Waals surface area contributed by atoms with Crippen LogP contribution in [-0.2, 0) is 11.2 Å². The summed E-state index contributed by atoms with van der Waals surface area (Å²) < 4.78 is 12.6. The lowest BCUT2D eigenvalue weighted by molar-refractivity contribution is -0.0150. The highest BCUT2D eigenvalue weighted by Crippen LogP contribution is 2.46. The van der Waals surface area contributed by atoms with E-state index in [1.165, 1.54) is 49.0 Å². The predicted molar refractivity (Wildman–Crippen MR) is 159 cm³/mol. The summed E-state index contributed by atoms with van der Waals surface area (Å²) in [7, 11) is 4.49. The minimum Gasteiger partial charge on any atom is -0.423 e. The third-order valence-corrected chi connectivity index (χ3v) is 10.0. The summed E-state index contributed by atoms with van der Waals surface area (Å²) in [6, 6.07) is 16.0. The molecule has 1 aromatic carbocycles. The van der Waals surface area contributed by atoms with Crippen LogP contribution in [0.5, 0.6) is 0 Å². The molecule has 0 bridgehead atoms. The monoisotopic (exact) mass is 548 g/mol. The third kappa shape index (κ3) is 6.12. The van der Waals surface area contributed by atoms with Crippen LogP contribution < -0.4 is 4.90 Å². The Kier molecular flexibility index (Phi) is 8.69. The average Bonchev–Trinajstić information content (AvgIpc) is 3.74. The number of aromatic nitrogens is 1. The van der Waals surface area contributed by atoms with Gasteiger partial charge in [-0.3, -0.25) is 4.90 Å². The number of benzene rings is 1. The van der Waals surface area contributed by atoms with Gasteiger partial charge in [0.25, 0.3) is 0 Å². The number of anilines is 1. The number of thiophene rings is 1. The Morgan fingerprint density at radius 2 is 1.64 bits per heavy atom. The summed E-state index contributed by atoms with van der Waals surface area (Å²) in [6.45, 7) is 5.63. The van der Waals surface area contributed by atoms with Gasteiger partial charge in [-0.2, -0.15) is 0 Å². The largest absolute Gasteiger partial charge is 0.423 e. The predicted octanol–water partition coefficient (Wildman–Crippen LogP) is 6.41. The van der Waals surface area contributed by atoms with E-state index in [0.717, 1.165) is 63.3 Å². The molecule has 3 aromatic rings. The van der Waals surface area contributed by atoms with Crippen LogP contribution in [0.1, 0.15) is 72.6 Å². The van der Waals surface area contributed by atoms with Crippen LogP contribution in [0.3, 0.4) is 0 Å². The maximum absolute atomic E-state index is 6.84. The van der Waals surface area contributed by atoms with Crippen molar-refractivity contribution in [3.8, 4) is 0 Å². The summed E-state index contributed by atoms with van der Waals surface area (Å²) in [5.41, 5.74) is 2.40. The van der Waals surface area contributed by atoms with Crippen LogP contribution in [0, 0.1) is 11.8 Å². The molecular formula is C32H44N4O2S. The van der Waals surface area contributed by atoms with E-state index >= 15 is 0 Å². The fraction of sp³-hybridized carbons (Fsp3) is 0.594. The smallest absolute Gasteiger partial charge is 0.219 e. The first kappa shape index (κ1) is 27.0. The minimum absolute atomic E-state index is 0.222. The first-order valence-electron chi connectivity index (χ1n) is 15.0. The first-order chi connectivity index (χ1) is 19.2. The van der Waals surface area contributed by atoms with Crippen molar-refractivity contribution >= 4 is 17.2 Å². The molecular weight excluding hydrogens is 504 g/mol. The van der Waals surface area contributed by atoms with Crippen molar-refractivity contribution < 1.29 is 9.15 Å². The van der Waals surface area contributed by atoms with E-state index in [9.17, 15) is 0 Å². The maximum Gasteiger partial charge on any atom is 0.219 e. The van der Waals surface area contributed by atoms with E-state index in [1.54, 1.807) is 0 Å². The molecule has 2 aliphatic heterocycles. The van der Waals surface area contributed by atoms with E-state index < -0.39 is 0 Å². The molecule has 2 saturated heterocycles. The van der Waals surface area contributed by atoms with Gasteiger partial charge in [-0.1, -0.05) is 36.4 Å². The highest BCUT2D eigenvalue weighted by molar-refractivity contribution is 7.10. The summed E-state index contributed by atoms with van der Waals surface area (Å²) in [5, 5.41) is 2.22. The summed E-state index contributed by atoms with van der Waals surface area (Å²) >= 11 is 1.90. The topological polar surface area (TPSA) is 45.0 Å². The molecule has 6 nitrogen and oxygen atoms in total. The zero-order chi connectivity index (χ0) is 26.6. The number of nitrogens with zero attached hydrogens (tertiary/aromatic N) is 4. The van der Waals surface area contributed by atoms with E-state index in [2.05, 4.69) is 76.6 Å². The number of ether oxygens (including phenoxy) is 1. The van der Waals surface area contributed by atoms with Gasteiger partial charge < -0.3 is 19.0 Å². The quantitative estimate of drug-likeness (QED) is 0.308. The summed E-state index contributed by atoms with van der Waals surface area (Å²) in [4.78, 5) is 14.3. The molecule has 0 N–H and O–H groups in total. The van der Waals surface area contributed by atoms with Crippen molar-refractivity contribution in [2.75, 3.05) is 58.4 Å². The number of hydrogen-bond acceptors (Lipinski definition) is 7. The van der Waals surface area contributed by atoms with Gasteiger partial charge in [0, 0.05) is 43.5 Å². The Hall–Kier alpha value is -2.19. The minimum atomic E-state index is 0.222. The van der Waals surface area contributed by atoms with Gasteiger partial charge in [0.15, 0.2) is 0 Å². The lowest BCUT2D eigenvalue weighted by atomic mass is 9.74. The highest BCUT2D eigenvalue weighted by atomic mass is 32.1.